The van der Waals surface area contributed by atoms with Crippen molar-refractivity contribution in [3.05, 3.63) is 170 Å². The topological polar surface area (TPSA) is 78.9 Å². The van der Waals surface area contributed by atoms with Gasteiger partial charge in [-0.05, 0) is 109 Å². The minimum Gasteiger partial charge on any atom is -0.462 e. The first-order valence-corrected chi connectivity index (χ1v) is 26.7. The Morgan fingerprint density at radius 1 is 0.319 bits per heavy atom. The van der Waals surface area contributed by atoms with Gasteiger partial charge in [-0.2, -0.15) is 0 Å². The van der Waals surface area contributed by atoms with Crippen molar-refractivity contribution in [3.63, 3.8) is 0 Å². The van der Waals surface area contributed by atoms with Gasteiger partial charge < -0.3 is 14.2 Å². The maximum Gasteiger partial charge on any atom is 0.306 e. The van der Waals surface area contributed by atoms with Crippen molar-refractivity contribution in [1.29, 1.82) is 0 Å². The second kappa shape index (κ2) is 55.4. The molecule has 0 saturated heterocycles. The molecule has 0 aliphatic carbocycles. The van der Waals surface area contributed by atoms with Gasteiger partial charge in [0.05, 0.1) is 0 Å². The summed E-state index contributed by atoms with van der Waals surface area (Å²) in [6, 6.07) is 0. The molecule has 1 atom stereocenters. The first-order valence-electron chi connectivity index (χ1n) is 26.7. The SMILES string of the molecule is CC\C=C/C=C\C=C/C=C\C=C\C=C/CCCCCC(=O)OCC(COC(=O)CCC/C=C\C/C=C\C/C=C\CCCCCCCC)OC(=O)CCC/C=C\C/C=C\C/C=C\C/C=C\C/C=C\CC. The molecule has 0 aliphatic rings. The Kier molecular flexibility index (Phi) is 51.2. The molecule has 0 spiro atoms. The molecule has 0 N–H and O–H groups in total. The van der Waals surface area contributed by atoms with Gasteiger partial charge in [-0.1, -0.05) is 229 Å². The average molecular weight is 947 g/mol. The molecule has 0 heterocycles. The molecule has 6 nitrogen and oxygen atoms in total. The summed E-state index contributed by atoms with van der Waals surface area (Å²) in [6.45, 7) is 6.21. The van der Waals surface area contributed by atoms with Gasteiger partial charge in [-0.15, -0.1) is 0 Å². The molecule has 0 aliphatic heterocycles. The molecular formula is C63H94O6. The normalized spacial score (nSPS) is 13.5. The Labute approximate surface area is 422 Å². The van der Waals surface area contributed by atoms with Crippen LogP contribution in [0.4, 0.5) is 0 Å². The summed E-state index contributed by atoms with van der Waals surface area (Å²) in [7, 11) is 0. The van der Waals surface area contributed by atoms with Gasteiger partial charge >= 0.3 is 17.9 Å². The number of rotatable bonds is 45. The van der Waals surface area contributed by atoms with Gasteiger partial charge in [0.15, 0.2) is 6.10 Å². The van der Waals surface area contributed by atoms with Crippen molar-refractivity contribution in [1.82, 2.24) is 0 Å². The minimum absolute atomic E-state index is 0.149. The van der Waals surface area contributed by atoms with E-state index in [1.807, 2.05) is 60.8 Å². The highest BCUT2D eigenvalue weighted by Crippen LogP contribution is 2.10. The Hall–Kier alpha value is -5.23. The molecule has 0 aromatic rings. The van der Waals surface area contributed by atoms with Crippen molar-refractivity contribution < 1.29 is 28.6 Å². The third kappa shape index (κ3) is 53.6. The van der Waals surface area contributed by atoms with Gasteiger partial charge in [0.1, 0.15) is 13.2 Å². The Morgan fingerprint density at radius 2 is 0.652 bits per heavy atom. The fourth-order valence-electron chi connectivity index (χ4n) is 6.41. The monoisotopic (exact) mass is 947 g/mol. The summed E-state index contributed by atoms with van der Waals surface area (Å²) in [4.78, 5) is 38.0. The molecule has 0 aromatic heterocycles. The van der Waals surface area contributed by atoms with Crippen LogP contribution in [0.1, 0.15) is 188 Å². The molecule has 0 rings (SSSR count). The van der Waals surface area contributed by atoms with Crippen molar-refractivity contribution in [2.45, 2.75) is 194 Å². The maximum absolute atomic E-state index is 12.8. The first kappa shape index (κ1) is 63.8. The predicted molar refractivity (Wildman–Crippen MR) is 297 cm³/mol. The van der Waals surface area contributed by atoms with E-state index < -0.39 is 12.1 Å². The number of carbonyl (C=O) groups excluding carboxylic acids is 3. The molecule has 1 unspecified atom stereocenters. The fourth-order valence-corrected chi connectivity index (χ4v) is 6.41. The standard InChI is InChI=1S/C63H94O6/c1-4-7-10-13-16-19-22-25-28-31-34-37-40-43-46-49-52-55-61(64)67-58-60(69-63(66)57-54-51-48-45-42-39-36-33-30-27-24-21-18-15-12-9-6-3)59-68-62(65)56-53-50-47-44-41-38-35-32-29-26-23-20-17-14-11-8-5-2/h7,9-10,12-13,16,18-19,21-22,25-31,34-40,44-45,47-48,60H,4-6,8,11,14-15,17,20,23-24,32-33,41-43,46,49-59H2,1-3H3/b10-7-,12-9-,16-13-,21-18-,22-19-,28-25-,29-26-,30-27-,34-31+,38-35-,39-36-,40-37-,47-44-,48-45-. The molecule has 0 bridgehead atoms. The lowest BCUT2D eigenvalue weighted by Gasteiger charge is -2.18. The van der Waals surface area contributed by atoms with Crippen LogP contribution in [-0.4, -0.2) is 37.2 Å². The highest BCUT2D eigenvalue weighted by molar-refractivity contribution is 5.71. The van der Waals surface area contributed by atoms with E-state index >= 15 is 0 Å². The Bertz CT molecular complexity index is 1650. The van der Waals surface area contributed by atoms with Crippen LogP contribution >= 0.6 is 0 Å². The summed E-state index contributed by atoms with van der Waals surface area (Å²) in [6.07, 6.45) is 82.0. The summed E-state index contributed by atoms with van der Waals surface area (Å²) >= 11 is 0. The smallest absolute Gasteiger partial charge is 0.306 e. The third-order valence-corrected chi connectivity index (χ3v) is 10.3. The Balaban J connectivity index is 4.69. The number of allylic oxidation sites excluding steroid dienone is 28. The van der Waals surface area contributed by atoms with Crippen LogP contribution in [-0.2, 0) is 28.6 Å². The van der Waals surface area contributed by atoms with Gasteiger partial charge in [0.2, 0.25) is 0 Å². The van der Waals surface area contributed by atoms with Gasteiger partial charge in [-0.25, -0.2) is 0 Å². The number of esters is 3. The summed E-state index contributed by atoms with van der Waals surface area (Å²) in [5.74, 6) is -1.12. The van der Waals surface area contributed by atoms with Crippen LogP contribution < -0.4 is 0 Å². The number of ether oxygens (including phenoxy) is 3. The van der Waals surface area contributed by atoms with Crippen molar-refractivity contribution in [2.75, 3.05) is 13.2 Å². The van der Waals surface area contributed by atoms with E-state index in [2.05, 4.69) is 130 Å². The van der Waals surface area contributed by atoms with Crippen molar-refractivity contribution in [2.24, 2.45) is 0 Å². The number of hydrogen-bond acceptors (Lipinski definition) is 6. The lowest BCUT2D eigenvalue weighted by atomic mass is 10.1. The largest absolute Gasteiger partial charge is 0.462 e. The van der Waals surface area contributed by atoms with Crippen LogP contribution in [0.3, 0.4) is 0 Å². The molecular weight excluding hydrogens is 853 g/mol. The second-order valence-electron chi connectivity index (χ2n) is 16.8. The predicted octanol–water partition coefficient (Wildman–Crippen LogP) is 18.0. The summed E-state index contributed by atoms with van der Waals surface area (Å²) < 4.78 is 16.7. The van der Waals surface area contributed by atoms with E-state index in [9.17, 15) is 14.4 Å². The minimum atomic E-state index is -0.856. The van der Waals surface area contributed by atoms with E-state index in [1.165, 1.54) is 44.9 Å². The van der Waals surface area contributed by atoms with Crippen molar-refractivity contribution in [3.8, 4) is 0 Å². The molecule has 0 saturated carbocycles. The number of hydrogen-bond donors (Lipinski definition) is 0. The second-order valence-corrected chi connectivity index (χ2v) is 16.8. The molecule has 0 fully saturated rings. The van der Waals surface area contributed by atoms with Crippen LogP contribution in [0.25, 0.3) is 0 Å². The van der Waals surface area contributed by atoms with Crippen LogP contribution in [0.2, 0.25) is 0 Å². The van der Waals surface area contributed by atoms with Gasteiger partial charge in [0.25, 0.3) is 0 Å². The zero-order valence-corrected chi connectivity index (χ0v) is 43.5. The van der Waals surface area contributed by atoms with Crippen LogP contribution in [0.15, 0.2) is 170 Å². The molecule has 382 valence electrons. The molecule has 6 heteroatoms. The van der Waals surface area contributed by atoms with Crippen molar-refractivity contribution >= 4 is 17.9 Å². The lowest BCUT2D eigenvalue weighted by molar-refractivity contribution is -0.167. The maximum atomic E-state index is 12.8. The van der Waals surface area contributed by atoms with E-state index in [4.69, 9.17) is 14.2 Å². The van der Waals surface area contributed by atoms with E-state index in [0.717, 1.165) is 83.5 Å². The summed E-state index contributed by atoms with van der Waals surface area (Å²) in [5.41, 5.74) is 0. The van der Waals surface area contributed by atoms with Gasteiger partial charge in [0, 0.05) is 19.3 Å². The highest BCUT2D eigenvalue weighted by Gasteiger charge is 2.19. The van der Waals surface area contributed by atoms with Crippen LogP contribution in [0.5, 0.6) is 0 Å². The molecule has 0 radical (unpaired) electrons. The highest BCUT2D eigenvalue weighted by atomic mass is 16.6. The van der Waals surface area contributed by atoms with E-state index in [-0.39, 0.29) is 44.4 Å². The molecule has 69 heavy (non-hydrogen) atoms. The third-order valence-electron chi connectivity index (χ3n) is 10.3. The first-order chi connectivity index (χ1) is 34.0. The average Bonchev–Trinajstić information content (AvgIpc) is 3.35. The Morgan fingerprint density at radius 3 is 1.12 bits per heavy atom. The fraction of sp³-hybridized carbons (Fsp3) is 0.508. The van der Waals surface area contributed by atoms with Gasteiger partial charge in [-0.3, -0.25) is 14.4 Å². The summed E-state index contributed by atoms with van der Waals surface area (Å²) in [5, 5.41) is 0. The lowest BCUT2D eigenvalue weighted by Crippen LogP contribution is -2.30. The quantitative estimate of drug-likeness (QED) is 0.0199. The zero-order chi connectivity index (χ0) is 50.0. The van der Waals surface area contributed by atoms with Crippen LogP contribution in [0, 0.1) is 0 Å². The van der Waals surface area contributed by atoms with E-state index in [0.29, 0.717) is 19.3 Å². The number of unbranched alkanes of at least 4 members (excludes halogenated alkanes) is 11. The van der Waals surface area contributed by atoms with E-state index in [1.54, 1.807) is 0 Å². The molecule has 0 aromatic carbocycles. The zero-order valence-electron chi connectivity index (χ0n) is 43.5. The number of carbonyl (C=O) groups is 3. The molecule has 0 amide bonds.